The number of rotatable bonds is 0. The quantitative estimate of drug-likeness (QED) is 0.519. The number of hydrogen-bond donors (Lipinski definition) is 0. The molecule has 0 aliphatic heterocycles. The molecule has 1 aromatic rings. The Morgan fingerprint density at radius 1 is 1.27 bits per heavy atom. The van der Waals surface area contributed by atoms with E-state index in [9.17, 15) is 0 Å². The first-order chi connectivity index (χ1) is 5.20. The predicted molar refractivity (Wildman–Crippen MR) is 55.6 cm³/mol. The normalized spacial score (nSPS) is 7.91. The summed E-state index contributed by atoms with van der Waals surface area (Å²) in [5.74, 6) is 0. The van der Waals surface area contributed by atoms with Crippen LogP contribution in [-0.2, 0) is 4.79 Å². The fraction of sp³-hybridized carbons (Fsp3) is 0.222. The van der Waals surface area contributed by atoms with E-state index in [-0.39, 0.29) is 0 Å². The Hall–Kier alpha value is -0.380. The van der Waals surface area contributed by atoms with Gasteiger partial charge in [0.25, 0.3) is 0 Å². The number of carbonyl (C=O) groups is 1. The van der Waals surface area contributed by atoms with Gasteiger partial charge in [0.05, 0.1) is 0 Å². The summed E-state index contributed by atoms with van der Waals surface area (Å²) in [5.41, 5.74) is 1.32. The summed E-state index contributed by atoms with van der Waals surface area (Å²) < 4.78 is 1.30. The van der Waals surface area contributed by atoms with E-state index in [1.165, 1.54) is 16.1 Å². The van der Waals surface area contributed by atoms with Crippen LogP contribution in [0.1, 0.15) is 12.5 Å². The van der Waals surface area contributed by atoms with Gasteiger partial charge in [0.2, 0.25) is 0 Å². The zero-order chi connectivity index (χ0) is 8.69. The number of carbonyl (C=O) groups excluding carboxylic acids is 1. The van der Waals surface area contributed by atoms with Crippen LogP contribution in [0.5, 0.6) is 0 Å². The summed E-state index contributed by atoms with van der Waals surface area (Å²) in [6.07, 6.45) is 0.750. The molecule has 0 unspecified atom stereocenters. The largest absolute Gasteiger partial charge is 0.304 e. The fourth-order valence-corrected chi connectivity index (χ4v) is 0.893. The van der Waals surface area contributed by atoms with Crippen molar-refractivity contribution in [2.24, 2.45) is 0 Å². The van der Waals surface area contributed by atoms with E-state index in [2.05, 4.69) is 53.8 Å². The highest BCUT2D eigenvalue weighted by Gasteiger charge is 1.81. The molecular formula is C9H11IO. The molecule has 0 aromatic heterocycles. The van der Waals surface area contributed by atoms with Crippen molar-refractivity contribution in [2.45, 2.75) is 13.8 Å². The molecule has 0 radical (unpaired) electrons. The van der Waals surface area contributed by atoms with Crippen LogP contribution < -0.4 is 0 Å². The third kappa shape index (κ3) is 6.04. The second kappa shape index (κ2) is 6.34. The van der Waals surface area contributed by atoms with E-state index in [4.69, 9.17) is 4.79 Å². The third-order valence-electron chi connectivity index (χ3n) is 1.01. The lowest BCUT2D eigenvalue weighted by molar-refractivity contribution is -0.106. The van der Waals surface area contributed by atoms with Crippen LogP contribution in [0.4, 0.5) is 0 Å². The number of hydrogen-bond acceptors (Lipinski definition) is 1. The lowest BCUT2D eigenvalue weighted by Gasteiger charge is -1.88. The third-order valence-corrected chi connectivity index (χ3v) is 1.73. The minimum atomic E-state index is 0.750. The molecule has 1 rings (SSSR count). The lowest BCUT2D eigenvalue weighted by Crippen LogP contribution is -1.69. The second-order valence-corrected chi connectivity index (χ2v) is 3.28. The number of halogens is 1. The van der Waals surface area contributed by atoms with Gasteiger partial charge in [0.15, 0.2) is 0 Å². The number of aryl methyl sites for hydroxylation is 1. The SMILES string of the molecule is CC=O.Cc1ccc(I)cc1. The molecule has 1 nitrogen and oxygen atoms in total. The van der Waals surface area contributed by atoms with E-state index in [0.717, 1.165) is 6.29 Å². The van der Waals surface area contributed by atoms with Crippen molar-refractivity contribution in [3.8, 4) is 0 Å². The van der Waals surface area contributed by atoms with E-state index in [1.54, 1.807) is 0 Å². The molecule has 0 aliphatic rings. The maximum absolute atomic E-state index is 8.81. The molecule has 0 bridgehead atoms. The minimum absolute atomic E-state index is 0.750. The van der Waals surface area contributed by atoms with Gasteiger partial charge in [-0.25, -0.2) is 0 Å². The fourth-order valence-electron chi connectivity index (χ4n) is 0.533. The molecule has 0 amide bonds. The topological polar surface area (TPSA) is 17.1 Å². The molecule has 0 saturated carbocycles. The van der Waals surface area contributed by atoms with Crippen LogP contribution in [0, 0.1) is 10.5 Å². The van der Waals surface area contributed by atoms with Crippen molar-refractivity contribution in [3.05, 3.63) is 33.4 Å². The minimum Gasteiger partial charge on any atom is -0.304 e. The van der Waals surface area contributed by atoms with Gasteiger partial charge in [-0.1, -0.05) is 17.7 Å². The Kier molecular flexibility index (Phi) is 6.12. The monoisotopic (exact) mass is 262 g/mol. The van der Waals surface area contributed by atoms with Crippen molar-refractivity contribution in [1.29, 1.82) is 0 Å². The smallest absolute Gasteiger partial charge is 0.116 e. The van der Waals surface area contributed by atoms with Crippen LogP contribution in [0.25, 0.3) is 0 Å². The summed E-state index contributed by atoms with van der Waals surface area (Å²) in [4.78, 5) is 8.81. The molecule has 0 N–H and O–H groups in total. The van der Waals surface area contributed by atoms with Crippen molar-refractivity contribution < 1.29 is 4.79 Å². The van der Waals surface area contributed by atoms with Crippen molar-refractivity contribution in [2.75, 3.05) is 0 Å². The Labute approximate surface area is 81.0 Å². The Morgan fingerprint density at radius 2 is 1.64 bits per heavy atom. The van der Waals surface area contributed by atoms with Crippen LogP contribution in [0.2, 0.25) is 0 Å². The zero-order valence-electron chi connectivity index (χ0n) is 6.67. The standard InChI is InChI=1S/C7H7I.C2H4O/c1-6-2-4-7(8)5-3-6;1-2-3/h2-5H,1H3;2H,1H3. The Balaban J connectivity index is 0.000000292. The number of benzene rings is 1. The molecular weight excluding hydrogens is 251 g/mol. The lowest BCUT2D eigenvalue weighted by atomic mass is 10.2. The first-order valence-electron chi connectivity index (χ1n) is 3.32. The van der Waals surface area contributed by atoms with Crippen LogP contribution in [0.15, 0.2) is 24.3 Å². The maximum Gasteiger partial charge on any atom is 0.116 e. The molecule has 1 aromatic carbocycles. The Morgan fingerprint density at radius 3 is 1.91 bits per heavy atom. The zero-order valence-corrected chi connectivity index (χ0v) is 8.83. The van der Waals surface area contributed by atoms with E-state index < -0.39 is 0 Å². The molecule has 0 fully saturated rings. The van der Waals surface area contributed by atoms with Gasteiger partial charge >= 0.3 is 0 Å². The molecule has 0 atom stereocenters. The summed E-state index contributed by atoms with van der Waals surface area (Å²) in [5, 5.41) is 0. The van der Waals surface area contributed by atoms with Crippen LogP contribution in [0.3, 0.4) is 0 Å². The van der Waals surface area contributed by atoms with E-state index in [1.807, 2.05) is 0 Å². The highest BCUT2D eigenvalue weighted by molar-refractivity contribution is 14.1. The van der Waals surface area contributed by atoms with Gasteiger partial charge in [0, 0.05) is 3.57 Å². The summed E-state index contributed by atoms with van der Waals surface area (Å²) in [7, 11) is 0. The van der Waals surface area contributed by atoms with E-state index >= 15 is 0 Å². The molecule has 0 saturated heterocycles. The summed E-state index contributed by atoms with van der Waals surface area (Å²) in [6.45, 7) is 3.54. The summed E-state index contributed by atoms with van der Waals surface area (Å²) in [6, 6.07) is 8.44. The molecule has 0 heterocycles. The van der Waals surface area contributed by atoms with Crippen molar-refractivity contribution in [1.82, 2.24) is 0 Å². The van der Waals surface area contributed by atoms with Crippen LogP contribution in [-0.4, -0.2) is 6.29 Å². The van der Waals surface area contributed by atoms with Gasteiger partial charge in [-0.2, -0.15) is 0 Å². The first kappa shape index (κ1) is 10.6. The van der Waals surface area contributed by atoms with Gasteiger partial charge in [-0.05, 0) is 48.6 Å². The maximum atomic E-state index is 8.81. The molecule has 2 heteroatoms. The number of aldehydes is 1. The first-order valence-corrected chi connectivity index (χ1v) is 4.40. The van der Waals surface area contributed by atoms with Crippen molar-refractivity contribution in [3.63, 3.8) is 0 Å². The highest BCUT2D eigenvalue weighted by Crippen LogP contribution is 2.04. The van der Waals surface area contributed by atoms with Gasteiger partial charge in [-0.3, -0.25) is 0 Å². The molecule has 11 heavy (non-hydrogen) atoms. The average Bonchev–Trinajstić information content (AvgIpc) is 1.97. The predicted octanol–water partition coefficient (Wildman–Crippen LogP) is 2.80. The highest BCUT2D eigenvalue weighted by atomic mass is 127. The summed E-state index contributed by atoms with van der Waals surface area (Å²) >= 11 is 2.30. The van der Waals surface area contributed by atoms with Gasteiger partial charge in [0.1, 0.15) is 6.29 Å². The van der Waals surface area contributed by atoms with Gasteiger partial charge < -0.3 is 4.79 Å². The van der Waals surface area contributed by atoms with Crippen LogP contribution >= 0.6 is 22.6 Å². The molecule has 0 spiro atoms. The Bertz CT molecular complexity index is 182. The average molecular weight is 262 g/mol. The molecule has 0 aliphatic carbocycles. The second-order valence-electron chi connectivity index (χ2n) is 2.03. The van der Waals surface area contributed by atoms with E-state index in [0.29, 0.717) is 0 Å². The van der Waals surface area contributed by atoms with Crippen molar-refractivity contribution >= 4 is 28.9 Å². The molecule has 60 valence electrons. The van der Waals surface area contributed by atoms with Gasteiger partial charge in [-0.15, -0.1) is 0 Å².